The number of urea groups is 1. The summed E-state index contributed by atoms with van der Waals surface area (Å²) in [5.74, 6) is 0.997. The number of para-hydroxylation sites is 1. The minimum atomic E-state index is -0.278. The average Bonchev–Trinajstić information content (AvgIpc) is 3.14. The van der Waals surface area contributed by atoms with E-state index in [1.165, 1.54) is 0 Å². The van der Waals surface area contributed by atoms with Gasteiger partial charge in [-0.25, -0.2) is 9.89 Å². The average molecular weight is 371 g/mol. The Kier molecular flexibility index (Phi) is 4.87. The number of rotatable bonds is 4. The van der Waals surface area contributed by atoms with E-state index in [1.807, 2.05) is 38.1 Å². The van der Waals surface area contributed by atoms with Crippen LogP contribution in [-0.2, 0) is 0 Å². The van der Waals surface area contributed by atoms with Gasteiger partial charge in [0.1, 0.15) is 10.8 Å². The monoisotopic (exact) mass is 370 g/mol. The zero-order valence-corrected chi connectivity index (χ0v) is 15.5. The fraction of sp³-hybridized carbons (Fsp3) is 0.278. The van der Waals surface area contributed by atoms with Crippen molar-refractivity contribution in [1.82, 2.24) is 19.9 Å². The first kappa shape index (κ1) is 17.8. The van der Waals surface area contributed by atoms with Gasteiger partial charge < -0.3 is 15.5 Å². The lowest BCUT2D eigenvalue weighted by Gasteiger charge is -2.12. The zero-order valence-electron chi connectivity index (χ0n) is 14.7. The molecule has 0 bridgehead atoms. The van der Waals surface area contributed by atoms with Gasteiger partial charge in [0.25, 0.3) is 5.82 Å². The molecule has 0 saturated carbocycles. The highest BCUT2D eigenvalue weighted by molar-refractivity contribution is 6.35. The minimum Gasteiger partial charge on any atom is -0.362 e. The molecule has 0 fully saturated rings. The molecular weight excluding hydrogens is 352 g/mol. The number of aromatic amines is 1. The number of carbonyl (C=O) groups is 1. The Hall–Kier alpha value is -2.98. The van der Waals surface area contributed by atoms with Crippen molar-refractivity contribution in [2.24, 2.45) is 0 Å². The van der Waals surface area contributed by atoms with Crippen LogP contribution in [0.2, 0.25) is 5.02 Å². The second-order valence-corrected chi connectivity index (χ2v) is 6.57. The topological polar surface area (TPSA) is 78.6 Å². The fourth-order valence-corrected chi connectivity index (χ4v) is 2.88. The van der Waals surface area contributed by atoms with E-state index in [2.05, 4.69) is 25.6 Å². The number of benzene rings is 1. The molecular formula is C18H19ClN6O. The molecule has 26 heavy (non-hydrogen) atoms. The van der Waals surface area contributed by atoms with Crippen LogP contribution in [0.5, 0.6) is 0 Å². The van der Waals surface area contributed by atoms with Crippen molar-refractivity contribution in [2.75, 3.05) is 11.9 Å². The third-order valence-corrected chi connectivity index (χ3v) is 4.72. The number of hydrogen-bond donors (Lipinski definition) is 3. The smallest absolute Gasteiger partial charge is 0.319 e. The Balaban J connectivity index is 1.68. The molecule has 0 aliphatic carbocycles. The normalized spacial score (nSPS) is 12.0. The van der Waals surface area contributed by atoms with Crippen LogP contribution in [0.4, 0.5) is 16.3 Å². The molecule has 7 nitrogen and oxygen atoms in total. The molecule has 3 N–H and O–H groups in total. The van der Waals surface area contributed by atoms with Crippen molar-refractivity contribution >= 4 is 34.8 Å². The van der Waals surface area contributed by atoms with Gasteiger partial charge in [-0.1, -0.05) is 43.3 Å². The molecule has 1 atom stereocenters. The molecule has 0 radical (unpaired) electrons. The molecule has 2 aromatic heterocycles. The number of nitrogens with zero attached hydrogens (tertiary/aromatic N) is 3. The molecule has 1 aromatic carbocycles. The third kappa shape index (κ3) is 3.24. The number of carbonyl (C=O) groups excluding carboxylic acids is 1. The maximum atomic E-state index is 12.1. The number of nitrogens with one attached hydrogen (secondary N) is 3. The zero-order chi connectivity index (χ0) is 18.8. The summed E-state index contributed by atoms with van der Waals surface area (Å²) in [6, 6.07) is 7.30. The minimum absolute atomic E-state index is 0.0764. The van der Waals surface area contributed by atoms with Crippen LogP contribution in [-0.4, -0.2) is 27.2 Å². The van der Waals surface area contributed by atoms with Crippen LogP contribution in [0.3, 0.4) is 0 Å². The van der Waals surface area contributed by atoms with Gasteiger partial charge in [0.2, 0.25) is 5.65 Å². The summed E-state index contributed by atoms with van der Waals surface area (Å²) in [5, 5.41) is 9.22. The van der Waals surface area contributed by atoms with Crippen LogP contribution in [0, 0.1) is 20.4 Å². The first-order valence-corrected chi connectivity index (χ1v) is 8.54. The molecule has 134 valence electrons. The Bertz CT molecular complexity index is 1010. The Labute approximate surface area is 156 Å². The van der Waals surface area contributed by atoms with Crippen LogP contribution in [0.25, 0.3) is 10.5 Å². The van der Waals surface area contributed by atoms with E-state index in [9.17, 15) is 4.79 Å². The van der Waals surface area contributed by atoms with Crippen LogP contribution in [0.1, 0.15) is 29.8 Å². The number of hydrogen-bond acceptors (Lipinski definition) is 2. The number of H-pyrrole nitrogens is 1. The molecule has 0 saturated heterocycles. The lowest BCUT2D eigenvalue weighted by molar-refractivity contribution is 0.251. The maximum Gasteiger partial charge on any atom is 0.319 e. The van der Waals surface area contributed by atoms with E-state index < -0.39 is 0 Å². The summed E-state index contributed by atoms with van der Waals surface area (Å²) >= 11 is 6.25. The number of aromatic nitrogens is 3. The fourth-order valence-electron chi connectivity index (χ4n) is 2.67. The van der Waals surface area contributed by atoms with E-state index in [0.29, 0.717) is 34.4 Å². The van der Waals surface area contributed by atoms with Crippen molar-refractivity contribution in [2.45, 2.75) is 26.7 Å². The highest BCUT2D eigenvalue weighted by Crippen LogP contribution is 2.32. The Morgan fingerprint density at radius 3 is 2.85 bits per heavy atom. The van der Waals surface area contributed by atoms with Gasteiger partial charge in [0.05, 0.1) is 0 Å². The summed E-state index contributed by atoms with van der Waals surface area (Å²) < 4.78 is 1.59. The molecule has 8 heteroatoms. The van der Waals surface area contributed by atoms with Crippen LogP contribution < -0.4 is 10.6 Å². The van der Waals surface area contributed by atoms with Crippen LogP contribution in [0.15, 0.2) is 24.3 Å². The second-order valence-electron chi connectivity index (χ2n) is 6.19. The first-order valence-electron chi connectivity index (χ1n) is 8.16. The quantitative estimate of drug-likeness (QED) is 0.595. The lowest BCUT2D eigenvalue weighted by Crippen LogP contribution is -2.32. The van der Waals surface area contributed by atoms with E-state index >= 15 is 0 Å². The van der Waals surface area contributed by atoms with E-state index in [4.69, 9.17) is 18.2 Å². The molecule has 0 aliphatic rings. The van der Waals surface area contributed by atoms with Crippen molar-refractivity contribution in [3.8, 4) is 0 Å². The largest absolute Gasteiger partial charge is 0.362 e. The first-order chi connectivity index (χ1) is 12.4. The molecule has 1 unspecified atom stereocenters. The maximum absolute atomic E-state index is 12.1. The lowest BCUT2D eigenvalue weighted by atomic mass is 10.1. The SMILES string of the molecule is [C-]#[N+]c1c(C)c(Cl)c2nc(C(C)CNC(=O)Nc3ccccc3C)[nH]n12. The summed E-state index contributed by atoms with van der Waals surface area (Å²) in [6.45, 7) is 13.3. The summed E-state index contributed by atoms with van der Waals surface area (Å²) in [4.78, 5) is 20.1. The second kappa shape index (κ2) is 7.10. The van der Waals surface area contributed by atoms with Gasteiger partial charge >= 0.3 is 6.03 Å². The Morgan fingerprint density at radius 2 is 2.15 bits per heavy atom. The summed E-state index contributed by atoms with van der Waals surface area (Å²) in [5.41, 5.74) is 3.00. The summed E-state index contributed by atoms with van der Waals surface area (Å²) in [6.07, 6.45) is 0. The van der Waals surface area contributed by atoms with Gasteiger partial charge in [-0.3, -0.25) is 0 Å². The van der Waals surface area contributed by atoms with Gasteiger partial charge in [-0.2, -0.15) is 9.50 Å². The van der Waals surface area contributed by atoms with Gasteiger partial charge in [0, 0.05) is 18.2 Å². The van der Waals surface area contributed by atoms with E-state index in [-0.39, 0.29) is 11.9 Å². The Morgan fingerprint density at radius 1 is 1.42 bits per heavy atom. The number of halogens is 1. The molecule has 2 amide bonds. The molecule has 3 aromatic rings. The summed E-state index contributed by atoms with van der Waals surface area (Å²) in [7, 11) is 0. The number of aryl methyl sites for hydroxylation is 1. The molecule has 3 rings (SSSR count). The van der Waals surface area contributed by atoms with E-state index in [0.717, 1.165) is 11.3 Å². The predicted octanol–water partition coefficient (Wildman–Crippen LogP) is 4.41. The van der Waals surface area contributed by atoms with Crippen molar-refractivity contribution in [1.29, 1.82) is 0 Å². The van der Waals surface area contributed by atoms with Gasteiger partial charge in [0.15, 0.2) is 0 Å². The van der Waals surface area contributed by atoms with Gasteiger partial charge in [-0.05, 0) is 31.0 Å². The molecule has 0 spiro atoms. The highest BCUT2D eigenvalue weighted by atomic mass is 35.5. The van der Waals surface area contributed by atoms with Crippen molar-refractivity contribution in [3.63, 3.8) is 0 Å². The van der Waals surface area contributed by atoms with Gasteiger partial charge in [-0.15, -0.1) is 0 Å². The molecule has 0 aliphatic heterocycles. The number of anilines is 1. The van der Waals surface area contributed by atoms with Crippen LogP contribution >= 0.6 is 11.6 Å². The van der Waals surface area contributed by atoms with Crippen molar-refractivity contribution in [3.05, 3.63) is 57.7 Å². The van der Waals surface area contributed by atoms with E-state index in [1.54, 1.807) is 11.4 Å². The molecule has 2 heterocycles. The van der Waals surface area contributed by atoms with Crippen molar-refractivity contribution < 1.29 is 4.79 Å². The number of fused-ring (bicyclic) bond motifs is 1. The predicted molar refractivity (Wildman–Crippen MR) is 102 cm³/mol. The standard InChI is InChI=1S/C18H19ClN6O/c1-10-7-5-6-8-13(10)22-18(26)21-9-11(2)15-23-17-14(19)12(3)16(20-4)25(17)24-15/h5-8,11H,9H2,1-3H3,(H,23,24)(H2,21,22,26). The highest BCUT2D eigenvalue weighted by Gasteiger charge is 2.22. The third-order valence-electron chi connectivity index (χ3n) is 4.27. The number of amides is 2.